The molecule has 0 saturated carbocycles. The molecular weight excluding hydrogens is 514 g/mol. The number of benzene rings is 2. The van der Waals surface area contributed by atoms with Crippen molar-refractivity contribution in [3.8, 4) is 5.75 Å². The number of carbonyl (C=O) groups is 2. The van der Waals surface area contributed by atoms with Crippen LogP contribution in [0.2, 0.25) is 5.02 Å². The lowest BCUT2D eigenvalue weighted by Gasteiger charge is -2.31. The zero-order valence-corrected chi connectivity index (χ0v) is 23.8. The molecule has 0 unspecified atom stereocenters. The van der Waals surface area contributed by atoms with Crippen molar-refractivity contribution in [1.82, 2.24) is 10.2 Å². The van der Waals surface area contributed by atoms with Gasteiger partial charge in [-0.2, -0.15) is 0 Å². The summed E-state index contributed by atoms with van der Waals surface area (Å²) in [5.41, 5.74) is 1.31. The lowest BCUT2D eigenvalue weighted by atomic mass is 10.1. The summed E-state index contributed by atoms with van der Waals surface area (Å²) in [6, 6.07) is 13.3. The van der Waals surface area contributed by atoms with E-state index in [0.29, 0.717) is 29.4 Å². The Labute approximate surface area is 226 Å². The molecule has 0 fully saturated rings. The number of nitrogens with one attached hydrogen (secondary N) is 1. The Balaban J connectivity index is 2.21. The van der Waals surface area contributed by atoms with E-state index in [1.54, 1.807) is 41.3 Å². The molecule has 2 amide bonds. The highest BCUT2D eigenvalue weighted by Crippen LogP contribution is 2.24. The Morgan fingerprint density at radius 1 is 1.11 bits per heavy atom. The third-order valence-electron chi connectivity index (χ3n) is 5.83. The summed E-state index contributed by atoms with van der Waals surface area (Å²) >= 11 is 6.02. The molecule has 2 rings (SSSR count). The Hall–Kier alpha value is -2.78. The summed E-state index contributed by atoms with van der Waals surface area (Å²) in [7, 11) is -2.07. The highest BCUT2D eigenvalue weighted by molar-refractivity contribution is 7.92. The van der Waals surface area contributed by atoms with Gasteiger partial charge < -0.3 is 15.0 Å². The van der Waals surface area contributed by atoms with Crippen LogP contribution in [0.4, 0.5) is 5.69 Å². The first-order valence-corrected chi connectivity index (χ1v) is 14.6. The normalized spacial score (nSPS) is 12.2. The second-order valence-electron chi connectivity index (χ2n) is 9.35. The van der Waals surface area contributed by atoms with Crippen LogP contribution >= 0.6 is 11.6 Å². The van der Waals surface area contributed by atoms with Crippen molar-refractivity contribution >= 4 is 39.1 Å². The van der Waals surface area contributed by atoms with E-state index in [4.69, 9.17) is 16.3 Å². The van der Waals surface area contributed by atoms with Gasteiger partial charge in [0.2, 0.25) is 21.8 Å². The van der Waals surface area contributed by atoms with Gasteiger partial charge in [0.1, 0.15) is 11.8 Å². The van der Waals surface area contributed by atoms with Crippen molar-refractivity contribution in [1.29, 1.82) is 0 Å². The SMILES string of the molecule is CC[C@@H](C(=O)NCC(C)C)N(Cc1ccc(Cl)cc1)C(=O)CCCN(c1cccc(OC)c1)S(C)(=O)=O. The van der Waals surface area contributed by atoms with Crippen LogP contribution in [0.25, 0.3) is 0 Å². The monoisotopic (exact) mass is 551 g/mol. The van der Waals surface area contributed by atoms with Gasteiger partial charge in [-0.3, -0.25) is 13.9 Å². The molecule has 2 aromatic rings. The molecule has 0 spiro atoms. The standard InChI is InChI=1S/C27H38ClN3O5S/c1-6-25(27(33)29-18-20(2)3)30(19-21-12-14-22(28)15-13-21)26(32)11-8-16-31(37(5,34)35)23-9-7-10-24(17-23)36-4/h7,9-10,12-15,17,20,25H,6,8,11,16,18-19H2,1-5H3,(H,29,33)/t25-/m0/s1. The summed E-state index contributed by atoms with van der Waals surface area (Å²) in [4.78, 5) is 28.0. The van der Waals surface area contributed by atoms with Crippen LogP contribution in [0.3, 0.4) is 0 Å². The maximum absolute atomic E-state index is 13.5. The van der Waals surface area contributed by atoms with Gasteiger partial charge in [-0.25, -0.2) is 8.42 Å². The van der Waals surface area contributed by atoms with E-state index in [-0.39, 0.29) is 43.7 Å². The average molecular weight is 552 g/mol. The van der Waals surface area contributed by atoms with Gasteiger partial charge in [-0.15, -0.1) is 0 Å². The summed E-state index contributed by atoms with van der Waals surface area (Å²) < 4.78 is 31.5. The van der Waals surface area contributed by atoms with E-state index in [9.17, 15) is 18.0 Å². The van der Waals surface area contributed by atoms with Crippen LogP contribution < -0.4 is 14.4 Å². The number of nitrogens with zero attached hydrogens (tertiary/aromatic N) is 2. The number of carbonyl (C=O) groups excluding carboxylic acids is 2. The molecule has 1 atom stereocenters. The molecule has 1 N–H and O–H groups in total. The molecule has 0 aromatic heterocycles. The van der Waals surface area contributed by atoms with Crippen molar-refractivity contribution in [3.63, 3.8) is 0 Å². The minimum atomic E-state index is -3.59. The van der Waals surface area contributed by atoms with Gasteiger partial charge in [0.15, 0.2) is 0 Å². The highest BCUT2D eigenvalue weighted by atomic mass is 35.5. The smallest absolute Gasteiger partial charge is 0.242 e. The van der Waals surface area contributed by atoms with Gasteiger partial charge in [-0.1, -0.05) is 50.6 Å². The predicted octanol–water partition coefficient (Wildman–Crippen LogP) is 4.47. The van der Waals surface area contributed by atoms with Gasteiger partial charge >= 0.3 is 0 Å². The van der Waals surface area contributed by atoms with E-state index >= 15 is 0 Å². The maximum Gasteiger partial charge on any atom is 0.242 e. The molecule has 2 aromatic carbocycles. The van der Waals surface area contributed by atoms with Crippen molar-refractivity contribution < 1.29 is 22.7 Å². The lowest BCUT2D eigenvalue weighted by Crippen LogP contribution is -2.49. The summed E-state index contributed by atoms with van der Waals surface area (Å²) in [5.74, 6) is 0.392. The quantitative estimate of drug-likeness (QED) is 0.373. The number of ether oxygens (including phenoxy) is 1. The van der Waals surface area contributed by atoms with E-state index in [1.807, 2.05) is 32.9 Å². The molecule has 37 heavy (non-hydrogen) atoms. The fourth-order valence-electron chi connectivity index (χ4n) is 3.90. The van der Waals surface area contributed by atoms with Gasteiger partial charge in [0.05, 0.1) is 19.1 Å². The summed E-state index contributed by atoms with van der Waals surface area (Å²) in [5, 5.41) is 3.52. The lowest BCUT2D eigenvalue weighted by molar-refractivity contribution is -0.141. The fourth-order valence-corrected chi connectivity index (χ4v) is 4.98. The van der Waals surface area contributed by atoms with Gasteiger partial charge in [-0.05, 0) is 48.6 Å². The predicted molar refractivity (Wildman–Crippen MR) is 148 cm³/mol. The number of sulfonamides is 1. The van der Waals surface area contributed by atoms with Crippen molar-refractivity contribution in [3.05, 3.63) is 59.1 Å². The third-order valence-corrected chi connectivity index (χ3v) is 7.28. The van der Waals surface area contributed by atoms with Crippen molar-refractivity contribution in [2.45, 2.75) is 52.6 Å². The molecule has 0 aliphatic rings. The average Bonchev–Trinajstić information content (AvgIpc) is 2.85. The second-order valence-corrected chi connectivity index (χ2v) is 11.7. The number of anilines is 1. The molecule has 8 nitrogen and oxygen atoms in total. The number of hydrogen-bond donors (Lipinski definition) is 1. The molecule has 10 heteroatoms. The first-order valence-electron chi connectivity index (χ1n) is 12.4. The first-order chi connectivity index (χ1) is 17.5. The van der Waals surface area contributed by atoms with Crippen LogP contribution in [-0.2, 0) is 26.2 Å². The number of hydrogen-bond acceptors (Lipinski definition) is 5. The summed E-state index contributed by atoms with van der Waals surface area (Å²) in [6.07, 6.45) is 1.94. The van der Waals surface area contributed by atoms with E-state index < -0.39 is 16.1 Å². The molecule has 0 aliphatic heterocycles. The maximum atomic E-state index is 13.5. The molecule has 204 valence electrons. The Bertz CT molecular complexity index is 1140. The number of methoxy groups -OCH3 is 1. The molecule has 0 bridgehead atoms. The zero-order chi connectivity index (χ0) is 27.6. The van der Waals surface area contributed by atoms with Gasteiger partial charge in [0.25, 0.3) is 0 Å². The molecule has 0 aliphatic carbocycles. The van der Waals surface area contributed by atoms with Gasteiger partial charge in [0, 0.05) is 37.1 Å². The summed E-state index contributed by atoms with van der Waals surface area (Å²) in [6.45, 7) is 6.76. The van der Waals surface area contributed by atoms with Crippen LogP contribution in [0, 0.1) is 5.92 Å². The zero-order valence-electron chi connectivity index (χ0n) is 22.2. The Kier molecular flexibility index (Phi) is 11.7. The van der Waals surface area contributed by atoms with E-state index in [2.05, 4.69) is 5.32 Å². The first kappa shape index (κ1) is 30.4. The molecule has 0 saturated heterocycles. The van der Waals surface area contributed by atoms with E-state index in [1.165, 1.54) is 11.4 Å². The van der Waals surface area contributed by atoms with Crippen LogP contribution in [-0.4, -0.2) is 57.6 Å². The van der Waals surface area contributed by atoms with Crippen LogP contribution in [0.1, 0.15) is 45.6 Å². The molecule has 0 heterocycles. The van der Waals surface area contributed by atoms with E-state index in [0.717, 1.165) is 11.8 Å². The minimum Gasteiger partial charge on any atom is -0.497 e. The second kappa shape index (κ2) is 14.2. The Morgan fingerprint density at radius 2 is 1.78 bits per heavy atom. The number of rotatable bonds is 14. The topological polar surface area (TPSA) is 96.0 Å². The largest absolute Gasteiger partial charge is 0.497 e. The molecular formula is C27H38ClN3O5S. The van der Waals surface area contributed by atoms with Crippen LogP contribution in [0.5, 0.6) is 5.75 Å². The van der Waals surface area contributed by atoms with Crippen LogP contribution in [0.15, 0.2) is 48.5 Å². The minimum absolute atomic E-state index is 0.0809. The number of amides is 2. The number of halogens is 1. The third kappa shape index (κ3) is 9.55. The van der Waals surface area contributed by atoms with Crippen molar-refractivity contribution in [2.24, 2.45) is 5.92 Å². The fraction of sp³-hybridized carbons (Fsp3) is 0.481. The Morgan fingerprint density at radius 3 is 2.35 bits per heavy atom. The highest BCUT2D eigenvalue weighted by Gasteiger charge is 2.29. The molecule has 0 radical (unpaired) electrons. The van der Waals surface area contributed by atoms with Crippen molar-refractivity contribution in [2.75, 3.05) is 30.8 Å².